The summed E-state index contributed by atoms with van der Waals surface area (Å²) in [4.78, 5) is 8.48. The first-order chi connectivity index (χ1) is 11.3. The fourth-order valence-electron chi connectivity index (χ4n) is 2.39. The van der Waals surface area contributed by atoms with Crippen molar-refractivity contribution in [2.75, 3.05) is 33.4 Å². The molecule has 0 atom stereocenters. The van der Waals surface area contributed by atoms with Gasteiger partial charge in [-0.2, -0.15) is 0 Å². The van der Waals surface area contributed by atoms with E-state index in [2.05, 4.69) is 25.2 Å². The van der Waals surface area contributed by atoms with E-state index in [9.17, 15) is 0 Å². The summed E-state index contributed by atoms with van der Waals surface area (Å²) in [6.45, 7) is 6.69. The SMILES string of the molecule is CN=C(NCCCCn1ccnc1C)NCCCOCC1CC1. The molecule has 1 saturated carbocycles. The molecule has 1 heterocycles. The van der Waals surface area contributed by atoms with E-state index in [1.54, 1.807) is 0 Å². The molecule has 0 aromatic carbocycles. The van der Waals surface area contributed by atoms with Gasteiger partial charge in [0.15, 0.2) is 5.96 Å². The smallest absolute Gasteiger partial charge is 0.190 e. The van der Waals surface area contributed by atoms with Crippen LogP contribution in [0.15, 0.2) is 17.4 Å². The molecule has 0 aliphatic heterocycles. The highest BCUT2D eigenvalue weighted by Gasteiger charge is 2.20. The maximum Gasteiger partial charge on any atom is 0.190 e. The van der Waals surface area contributed by atoms with E-state index in [4.69, 9.17) is 4.74 Å². The number of rotatable bonds is 11. The highest BCUT2D eigenvalue weighted by molar-refractivity contribution is 5.79. The molecule has 130 valence electrons. The summed E-state index contributed by atoms with van der Waals surface area (Å²) in [5.41, 5.74) is 0. The monoisotopic (exact) mass is 321 g/mol. The van der Waals surface area contributed by atoms with Crippen LogP contribution >= 0.6 is 0 Å². The summed E-state index contributed by atoms with van der Waals surface area (Å²) in [7, 11) is 1.81. The highest BCUT2D eigenvalue weighted by Crippen LogP contribution is 2.28. The van der Waals surface area contributed by atoms with E-state index in [0.29, 0.717) is 0 Å². The zero-order valence-corrected chi connectivity index (χ0v) is 14.6. The van der Waals surface area contributed by atoms with Crippen LogP contribution in [0.4, 0.5) is 0 Å². The first-order valence-electron chi connectivity index (χ1n) is 8.79. The van der Waals surface area contributed by atoms with Gasteiger partial charge in [0.05, 0.1) is 0 Å². The Bertz CT molecular complexity index is 467. The second-order valence-electron chi connectivity index (χ2n) is 6.17. The van der Waals surface area contributed by atoms with Crippen molar-refractivity contribution in [3.8, 4) is 0 Å². The lowest BCUT2D eigenvalue weighted by Gasteiger charge is -2.12. The molecule has 0 radical (unpaired) electrons. The van der Waals surface area contributed by atoms with Gasteiger partial charge in [-0.3, -0.25) is 4.99 Å². The van der Waals surface area contributed by atoms with E-state index < -0.39 is 0 Å². The molecule has 6 heteroatoms. The van der Waals surface area contributed by atoms with Crippen molar-refractivity contribution in [2.45, 2.75) is 45.6 Å². The van der Waals surface area contributed by atoms with Crippen LogP contribution in [0.2, 0.25) is 0 Å². The fraction of sp³-hybridized carbons (Fsp3) is 0.765. The lowest BCUT2D eigenvalue weighted by molar-refractivity contribution is 0.123. The molecule has 1 aliphatic rings. The van der Waals surface area contributed by atoms with Crippen LogP contribution in [0.1, 0.15) is 37.9 Å². The Morgan fingerprint density at radius 2 is 2.09 bits per heavy atom. The van der Waals surface area contributed by atoms with Gasteiger partial charge < -0.3 is 19.9 Å². The molecule has 0 spiro atoms. The van der Waals surface area contributed by atoms with E-state index in [1.807, 2.05) is 26.4 Å². The average molecular weight is 321 g/mol. The first kappa shape index (κ1) is 17.8. The Balaban J connectivity index is 1.43. The second-order valence-corrected chi connectivity index (χ2v) is 6.17. The lowest BCUT2D eigenvalue weighted by Crippen LogP contribution is -2.38. The first-order valence-corrected chi connectivity index (χ1v) is 8.79. The standard InChI is InChI=1S/C17H31N5O/c1-15-19-10-12-22(15)11-4-3-8-20-17(18-2)21-9-5-13-23-14-16-6-7-16/h10,12,16H,3-9,11,13-14H2,1-2H3,(H2,18,20,21). The molecule has 6 nitrogen and oxygen atoms in total. The largest absolute Gasteiger partial charge is 0.381 e. The quantitative estimate of drug-likeness (QED) is 0.371. The van der Waals surface area contributed by atoms with Crippen LogP contribution in [0.25, 0.3) is 0 Å². The minimum Gasteiger partial charge on any atom is -0.381 e. The summed E-state index contributed by atoms with van der Waals surface area (Å²) >= 11 is 0. The van der Waals surface area contributed by atoms with Crippen LogP contribution in [0.3, 0.4) is 0 Å². The Labute approximate surface area is 139 Å². The van der Waals surface area contributed by atoms with Crippen molar-refractivity contribution >= 4 is 5.96 Å². The molecule has 0 amide bonds. The molecule has 2 N–H and O–H groups in total. The number of nitrogens with one attached hydrogen (secondary N) is 2. The van der Waals surface area contributed by atoms with Gasteiger partial charge in [0.2, 0.25) is 0 Å². The van der Waals surface area contributed by atoms with Crippen molar-refractivity contribution in [1.82, 2.24) is 20.2 Å². The fourth-order valence-corrected chi connectivity index (χ4v) is 2.39. The lowest BCUT2D eigenvalue weighted by atomic mass is 10.3. The molecule has 0 saturated heterocycles. The summed E-state index contributed by atoms with van der Waals surface area (Å²) < 4.78 is 7.81. The minimum absolute atomic E-state index is 0.838. The third-order valence-corrected chi connectivity index (χ3v) is 4.07. The van der Waals surface area contributed by atoms with Crippen LogP contribution in [0, 0.1) is 12.8 Å². The van der Waals surface area contributed by atoms with Crippen molar-refractivity contribution < 1.29 is 4.74 Å². The van der Waals surface area contributed by atoms with Gasteiger partial charge in [-0.05, 0) is 44.9 Å². The van der Waals surface area contributed by atoms with E-state index in [-0.39, 0.29) is 0 Å². The van der Waals surface area contributed by atoms with Gasteiger partial charge in [-0.15, -0.1) is 0 Å². The molecule has 23 heavy (non-hydrogen) atoms. The molecule has 2 rings (SSSR count). The zero-order chi connectivity index (χ0) is 16.3. The third-order valence-electron chi connectivity index (χ3n) is 4.07. The molecular weight excluding hydrogens is 290 g/mol. The summed E-state index contributed by atoms with van der Waals surface area (Å²) in [5.74, 6) is 2.81. The topological polar surface area (TPSA) is 63.5 Å². The van der Waals surface area contributed by atoms with Crippen LogP contribution < -0.4 is 10.6 Å². The predicted octanol–water partition coefficient (Wildman–Crippen LogP) is 1.95. The molecule has 1 aliphatic carbocycles. The maximum atomic E-state index is 5.62. The van der Waals surface area contributed by atoms with Gasteiger partial charge >= 0.3 is 0 Å². The van der Waals surface area contributed by atoms with E-state index in [0.717, 1.165) is 69.8 Å². The summed E-state index contributed by atoms with van der Waals surface area (Å²) in [6, 6.07) is 0. The summed E-state index contributed by atoms with van der Waals surface area (Å²) in [6.07, 6.45) is 9.87. The second kappa shape index (κ2) is 10.3. The van der Waals surface area contributed by atoms with Crippen molar-refractivity contribution in [3.05, 3.63) is 18.2 Å². The average Bonchev–Trinajstić information content (AvgIpc) is 3.30. The van der Waals surface area contributed by atoms with Gasteiger partial charge in [0, 0.05) is 52.3 Å². The molecule has 1 aromatic rings. The molecule has 1 aromatic heterocycles. The third kappa shape index (κ3) is 7.50. The Morgan fingerprint density at radius 3 is 2.74 bits per heavy atom. The molecular formula is C17H31N5O. The number of hydrogen-bond donors (Lipinski definition) is 2. The van der Waals surface area contributed by atoms with Crippen molar-refractivity contribution in [2.24, 2.45) is 10.9 Å². The number of guanidine groups is 1. The van der Waals surface area contributed by atoms with Crippen LogP contribution in [0.5, 0.6) is 0 Å². The van der Waals surface area contributed by atoms with E-state index in [1.165, 1.54) is 12.8 Å². The van der Waals surface area contributed by atoms with Gasteiger partial charge in [-0.25, -0.2) is 4.98 Å². The predicted molar refractivity (Wildman–Crippen MR) is 93.7 cm³/mol. The number of unbranched alkanes of at least 4 members (excludes halogenated alkanes) is 1. The number of ether oxygens (including phenoxy) is 1. The van der Waals surface area contributed by atoms with Crippen molar-refractivity contribution in [1.29, 1.82) is 0 Å². The number of hydrogen-bond acceptors (Lipinski definition) is 3. The highest BCUT2D eigenvalue weighted by atomic mass is 16.5. The van der Waals surface area contributed by atoms with Crippen LogP contribution in [-0.4, -0.2) is 48.9 Å². The Kier molecular flexibility index (Phi) is 7.93. The van der Waals surface area contributed by atoms with Gasteiger partial charge in [0.1, 0.15) is 5.82 Å². The number of aliphatic imine (C=N–C) groups is 1. The Hall–Kier alpha value is -1.56. The molecule has 1 fully saturated rings. The summed E-state index contributed by atoms with van der Waals surface area (Å²) in [5, 5.41) is 6.69. The number of imidazole rings is 1. The normalized spacial score (nSPS) is 15.0. The van der Waals surface area contributed by atoms with Gasteiger partial charge in [0.25, 0.3) is 0 Å². The van der Waals surface area contributed by atoms with Gasteiger partial charge in [-0.1, -0.05) is 0 Å². The Morgan fingerprint density at radius 1 is 1.30 bits per heavy atom. The number of aryl methyl sites for hydroxylation is 2. The maximum absolute atomic E-state index is 5.62. The number of nitrogens with zero attached hydrogens (tertiary/aromatic N) is 3. The van der Waals surface area contributed by atoms with Crippen molar-refractivity contribution in [3.63, 3.8) is 0 Å². The van der Waals surface area contributed by atoms with E-state index >= 15 is 0 Å². The molecule has 0 unspecified atom stereocenters. The zero-order valence-electron chi connectivity index (χ0n) is 14.6. The van der Waals surface area contributed by atoms with Crippen LogP contribution in [-0.2, 0) is 11.3 Å². The molecule has 0 bridgehead atoms. The number of aromatic nitrogens is 2. The minimum atomic E-state index is 0.838.